The third kappa shape index (κ3) is 1.26. The van der Waals surface area contributed by atoms with Gasteiger partial charge in [0.05, 0.1) is 7.05 Å². The number of aryl methyl sites for hydroxylation is 1. The lowest BCUT2D eigenvalue weighted by Crippen LogP contribution is -2.26. The third-order valence-electron chi connectivity index (χ3n) is 0.774. The highest BCUT2D eigenvalue weighted by molar-refractivity contribution is 9.10. The number of hydrogen-bond acceptors (Lipinski definition) is 1. The van der Waals surface area contributed by atoms with Gasteiger partial charge in [0.15, 0.2) is 6.20 Å². The molecule has 0 aliphatic heterocycles. The van der Waals surface area contributed by atoms with Crippen LogP contribution in [-0.2, 0) is 7.05 Å². The number of aromatic nitrogens is 2. The van der Waals surface area contributed by atoms with Crippen LogP contribution in [0.1, 0.15) is 0 Å². The van der Waals surface area contributed by atoms with Crippen molar-refractivity contribution >= 4 is 15.9 Å². The van der Waals surface area contributed by atoms with Crippen molar-refractivity contribution in [2.45, 2.75) is 0 Å². The molecule has 0 radical (unpaired) electrons. The zero-order chi connectivity index (χ0) is 5.98. The monoisotopic (exact) mass is 173 g/mol. The molecule has 0 bridgehead atoms. The first-order valence-corrected chi connectivity index (χ1v) is 3.04. The lowest BCUT2D eigenvalue weighted by molar-refractivity contribution is -0.675. The molecule has 8 heavy (non-hydrogen) atoms. The molecule has 0 fully saturated rings. The average molecular weight is 174 g/mol. The summed E-state index contributed by atoms with van der Waals surface area (Å²) in [5.74, 6) is 0. The van der Waals surface area contributed by atoms with E-state index in [1.54, 1.807) is 12.5 Å². The van der Waals surface area contributed by atoms with Gasteiger partial charge in [0.1, 0.15) is 10.7 Å². The molecule has 1 aromatic rings. The minimum atomic E-state index is 1.00. The molecule has 0 saturated carbocycles. The van der Waals surface area contributed by atoms with Crippen molar-refractivity contribution in [2.75, 3.05) is 0 Å². The predicted octanol–water partition coefficient (Wildman–Crippen LogP) is 0.669. The summed E-state index contributed by atoms with van der Waals surface area (Å²) in [7, 11) is 1.93. The maximum Gasteiger partial charge on any atom is 0.285 e. The topological polar surface area (TPSA) is 16.8 Å². The molecule has 1 heterocycles. The van der Waals surface area contributed by atoms with Gasteiger partial charge in [0, 0.05) is 0 Å². The van der Waals surface area contributed by atoms with Crippen LogP contribution in [0.3, 0.4) is 0 Å². The summed E-state index contributed by atoms with van der Waals surface area (Å²) < 4.78 is 2.88. The Balaban J connectivity index is 3.08. The summed E-state index contributed by atoms with van der Waals surface area (Å²) >= 11 is 3.28. The molecule has 0 aliphatic carbocycles. The molecule has 0 N–H and O–H groups in total. The Bertz CT molecular complexity index is 170. The van der Waals surface area contributed by atoms with Crippen molar-refractivity contribution in [1.82, 2.24) is 4.98 Å². The van der Waals surface area contributed by atoms with Gasteiger partial charge in [-0.1, -0.05) is 4.98 Å². The van der Waals surface area contributed by atoms with Gasteiger partial charge in [0.25, 0.3) is 6.33 Å². The number of hydrogen-bond donors (Lipinski definition) is 0. The van der Waals surface area contributed by atoms with Gasteiger partial charge < -0.3 is 0 Å². The molecule has 3 heteroatoms. The first kappa shape index (κ1) is 5.69. The van der Waals surface area contributed by atoms with E-state index in [0.717, 1.165) is 4.47 Å². The highest BCUT2D eigenvalue weighted by Gasteiger charge is 1.90. The maximum atomic E-state index is 3.90. The Kier molecular flexibility index (Phi) is 1.58. The van der Waals surface area contributed by atoms with Gasteiger partial charge in [-0.3, -0.25) is 0 Å². The molecule has 0 saturated heterocycles. The Hall–Kier alpha value is -0.440. The van der Waals surface area contributed by atoms with Crippen LogP contribution in [0.2, 0.25) is 0 Å². The van der Waals surface area contributed by atoms with Gasteiger partial charge in [0.2, 0.25) is 0 Å². The standard InChI is InChI=1S/C5H6BrN2/c1-8-3-5(6)2-7-4-8/h2-4H,1H3/q+1. The van der Waals surface area contributed by atoms with Crippen LogP contribution in [0.15, 0.2) is 23.2 Å². The molecule has 0 aromatic carbocycles. The lowest BCUT2D eigenvalue weighted by Gasteiger charge is -1.83. The molecule has 0 spiro atoms. The highest BCUT2D eigenvalue weighted by Crippen LogP contribution is 1.99. The van der Waals surface area contributed by atoms with Crippen LogP contribution in [0.25, 0.3) is 0 Å². The van der Waals surface area contributed by atoms with Crippen molar-refractivity contribution in [3.63, 3.8) is 0 Å². The minimum absolute atomic E-state index is 1.00. The molecule has 1 aromatic heterocycles. The van der Waals surface area contributed by atoms with E-state index < -0.39 is 0 Å². The fourth-order valence-electron chi connectivity index (χ4n) is 0.471. The van der Waals surface area contributed by atoms with Crippen LogP contribution < -0.4 is 4.57 Å². The van der Waals surface area contributed by atoms with Crippen molar-refractivity contribution in [3.05, 3.63) is 23.2 Å². The van der Waals surface area contributed by atoms with E-state index in [1.807, 2.05) is 17.8 Å². The third-order valence-corrected chi connectivity index (χ3v) is 1.18. The molecular weight excluding hydrogens is 168 g/mol. The van der Waals surface area contributed by atoms with Gasteiger partial charge in [-0.2, -0.15) is 0 Å². The summed E-state index contributed by atoms with van der Waals surface area (Å²) in [5, 5.41) is 0. The smallest absolute Gasteiger partial charge is 0.239 e. The minimum Gasteiger partial charge on any atom is -0.239 e. The summed E-state index contributed by atoms with van der Waals surface area (Å²) in [6.45, 7) is 0. The van der Waals surface area contributed by atoms with Gasteiger partial charge in [-0.25, -0.2) is 4.57 Å². The van der Waals surface area contributed by atoms with E-state index in [0.29, 0.717) is 0 Å². The van der Waals surface area contributed by atoms with E-state index >= 15 is 0 Å². The summed E-state index contributed by atoms with van der Waals surface area (Å²) in [6.07, 6.45) is 5.43. The first-order valence-electron chi connectivity index (χ1n) is 2.25. The summed E-state index contributed by atoms with van der Waals surface area (Å²) in [4.78, 5) is 3.90. The van der Waals surface area contributed by atoms with Crippen LogP contribution in [-0.4, -0.2) is 4.98 Å². The molecule has 0 unspecified atom stereocenters. The van der Waals surface area contributed by atoms with E-state index in [9.17, 15) is 0 Å². The zero-order valence-corrected chi connectivity index (χ0v) is 6.09. The Morgan fingerprint density at radius 3 is 2.88 bits per heavy atom. The van der Waals surface area contributed by atoms with Crippen molar-refractivity contribution < 1.29 is 4.57 Å². The lowest BCUT2D eigenvalue weighted by atomic mass is 10.7. The fraction of sp³-hybridized carbons (Fsp3) is 0.200. The summed E-state index contributed by atoms with van der Waals surface area (Å²) in [6, 6.07) is 0. The first-order chi connectivity index (χ1) is 3.79. The maximum absolute atomic E-state index is 3.90. The molecule has 2 nitrogen and oxygen atoms in total. The fourth-order valence-corrected chi connectivity index (χ4v) is 0.912. The predicted molar refractivity (Wildman–Crippen MR) is 33.1 cm³/mol. The zero-order valence-electron chi connectivity index (χ0n) is 4.50. The molecule has 42 valence electrons. The molecule has 1 rings (SSSR count). The second-order valence-electron chi connectivity index (χ2n) is 1.57. The van der Waals surface area contributed by atoms with Crippen LogP contribution in [0, 0.1) is 0 Å². The summed E-state index contributed by atoms with van der Waals surface area (Å²) in [5.41, 5.74) is 0. The van der Waals surface area contributed by atoms with Gasteiger partial charge in [-0.05, 0) is 15.9 Å². The molecule has 0 amide bonds. The Morgan fingerprint density at radius 2 is 2.50 bits per heavy atom. The van der Waals surface area contributed by atoms with E-state index in [2.05, 4.69) is 20.9 Å². The second-order valence-corrected chi connectivity index (χ2v) is 2.49. The highest BCUT2D eigenvalue weighted by atomic mass is 79.9. The SMILES string of the molecule is C[n+]1cncc(Br)c1. The average Bonchev–Trinajstić information content (AvgIpc) is 1.64. The molecule has 0 atom stereocenters. The van der Waals surface area contributed by atoms with Crippen molar-refractivity contribution in [3.8, 4) is 0 Å². The van der Waals surface area contributed by atoms with Crippen LogP contribution in [0.5, 0.6) is 0 Å². The van der Waals surface area contributed by atoms with Crippen LogP contribution >= 0.6 is 15.9 Å². The Morgan fingerprint density at radius 1 is 1.75 bits per heavy atom. The van der Waals surface area contributed by atoms with Gasteiger partial charge >= 0.3 is 0 Å². The van der Waals surface area contributed by atoms with E-state index in [-0.39, 0.29) is 0 Å². The van der Waals surface area contributed by atoms with Crippen LogP contribution in [0.4, 0.5) is 0 Å². The van der Waals surface area contributed by atoms with E-state index in [4.69, 9.17) is 0 Å². The van der Waals surface area contributed by atoms with E-state index in [1.165, 1.54) is 0 Å². The van der Waals surface area contributed by atoms with Gasteiger partial charge in [-0.15, -0.1) is 0 Å². The second kappa shape index (κ2) is 2.22. The Labute approximate surface area is 56.3 Å². The largest absolute Gasteiger partial charge is 0.285 e. The molecular formula is C5H6BrN2+. The normalized spacial score (nSPS) is 9.25. The number of nitrogens with zero attached hydrogens (tertiary/aromatic N) is 2. The quantitative estimate of drug-likeness (QED) is 0.528. The van der Waals surface area contributed by atoms with Crippen molar-refractivity contribution in [1.29, 1.82) is 0 Å². The molecule has 0 aliphatic rings. The number of rotatable bonds is 0. The van der Waals surface area contributed by atoms with Crippen molar-refractivity contribution in [2.24, 2.45) is 7.05 Å². The number of halogens is 1.